The molecule has 17 heavy (non-hydrogen) atoms. The van der Waals surface area contributed by atoms with Gasteiger partial charge in [0.15, 0.2) is 0 Å². The minimum atomic E-state index is -5.14. The third kappa shape index (κ3) is 85.5. The van der Waals surface area contributed by atoms with Crippen molar-refractivity contribution < 1.29 is 157 Å². The monoisotopic (exact) mass is 304 g/mol. The molecule has 0 atom stereocenters. The van der Waals surface area contributed by atoms with Gasteiger partial charge < -0.3 is 39.0 Å². The fraction of sp³-hybridized carbons (Fsp3) is 0.500. The standard InChI is InChI=1S/C4H6O4.4Na.H3O4P/c5-3(6)1-2-4(7)8;;;;;1-5(2,3)4/h1-2H2,(H,5,6)(H,7,8);;;;;(H3,1,2,3,4)/q;4*+1;/p-4. The van der Waals surface area contributed by atoms with Crippen molar-refractivity contribution in [2.24, 2.45) is 0 Å². The quantitative estimate of drug-likeness (QED) is 0.396. The fourth-order valence-electron chi connectivity index (χ4n) is 0.204. The van der Waals surface area contributed by atoms with Crippen LogP contribution in [0, 0.1) is 0 Å². The van der Waals surface area contributed by atoms with Gasteiger partial charge in [0.1, 0.15) is 0 Å². The third-order valence-corrected chi connectivity index (χ3v) is 0.533. The van der Waals surface area contributed by atoms with Crippen LogP contribution in [-0.4, -0.2) is 16.8 Å². The normalized spacial score (nSPS) is 7.47. The summed E-state index contributed by atoms with van der Waals surface area (Å²) in [4.78, 5) is 43.3. The van der Waals surface area contributed by atoms with Crippen LogP contribution in [0.1, 0.15) is 12.8 Å². The minimum Gasteiger partial charge on any atom is -0.790 e. The summed E-state index contributed by atoms with van der Waals surface area (Å²) >= 11 is 0. The molecule has 0 saturated heterocycles. The van der Waals surface area contributed by atoms with Crippen LogP contribution in [0.5, 0.6) is 0 Å². The Labute approximate surface area is 186 Å². The van der Waals surface area contributed by atoms with Crippen LogP contribution >= 0.6 is 7.82 Å². The van der Waals surface area contributed by atoms with Crippen LogP contribution in [0.25, 0.3) is 0 Å². The Morgan fingerprint density at radius 2 is 1.00 bits per heavy atom. The van der Waals surface area contributed by atoms with Gasteiger partial charge in [-0.1, -0.05) is 0 Å². The zero-order valence-electron chi connectivity index (χ0n) is 10.2. The van der Waals surface area contributed by atoms with Crippen LogP contribution in [0.4, 0.5) is 0 Å². The Balaban J connectivity index is -0.0000000306. The average Bonchev–Trinajstić information content (AvgIpc) is 1.79. The van der Waals surface area contributed by atoms with Gasteiger partial charge in [-0.25, -0.2) is 0 Å². The maximum absolute atomic E-state index is 9.50. The maximum atomic E-state index is 9.50. The van der Waals surface area contributed by atoms with E-state index < -0.39 is 32.6 Å². The molecule has 0 aliphatic rings. The van der Waals surface area contributed by atoms with E-state index >= 15 is 0 Å². The van der Waals surface area contributed by atoms with Gasteiger partial charge >= 0.3 is 118 Å². The van der Waals surface area contributed by atoms with Crippen LogP contribution in [-0.2, 0) is 14.2 Å². The minimum absolute atomic E-state index is 0. The van der Waals surface area contributed by atoms with E-state index in [1.165, 1.54) is 0 Å². The van der Waals surface area contributed by atoms with Gasteiger partial charge in [0.2, 0.25) is 0 Å². The summed E-state index contributed by atoms with van der Waals surface area (Å²) in [7, 11) is -5.14. The van der Waals surface area contributed by atoms with E-state index in [0.29, 0.717) is 0 Å². The number of carboxylic acids is 2. The van der Waals surface area contributed by atoms with Crippen molar-refractivity contribution in [2.75, 3.05) is 0 Å². The molecule has 1 N–H and O–H groups in total. The van der Waals surface area contributed by atoms with Crippen LogP contribution in [0.3, 0.4) is 0 Å². The summed E-state index contributed by atoms with van der Waals surface area (Å²) in [5.74, 6) is -2.73. The molecule has 13 heteroatoms. The van der Waals surface area contributed by atoms with Gasteiger partial charge in [-0.05, 0) is 12.8 Å². The van der Waals surface area contributed by atoms with Gasteiger partial charge in [-0.15, -0.1) is 0 Å². The van der Waals surface area contributed by atoms with Gasteiger partial charge in [-0.2, -0.15) is 0 Å². The van der Waals surface area contributed by atoms with Crippen molar-refractivity contribution in [1.82, 2.24) is 0 Å². The zero-order chi connectivity index (χ0) is 11.1. The Morgan fingerprint density at radius 1 is 0.882 bits per heavy atom. The molecule has 0 fully saturated rings. The van der Waals surface area contributed by atoms with Crippen LogP contribution in [0.2, 0.25) is 0 Å². The van der Waals surface area contributed by atoms with Crippen molar-refractivity contribution in [3.05, 3.63) is 0 Å². The zero-order valence-corrected chi connectivity index (χ0v) is 19.1. The first-order valence-corrected chi connectivity index (χ1v) is 4.27. The second-order valence-corrected chi connectivity index (χ2v) is 2.65. The summed E-state index contributed by atoms with van der Waals surface area (Å²) in [6, 6.07) is 0. The summed E-state index contributed by atoms with van der Waals surface area (Å²) in [5, 5.41) is 19.0. The molecular formula is C4H5Na4O8P. The molecule has 0 aliphatic carbocycles. The Kier molecular flexibility index (Phi) is 46.3. The second kappa shape index (κ2) is 21.4. The molecule has 0 aromatic heterocycles. The molecule has 0 aromatic rings. The molecule has 0 saturated carbocycles. The summed E-state index contributed by atoms with van der Waals surface area (Å²) in [5.41, 5.74) is 0. The van der Waals surface area contributed by atoms with Crippen molar-refractivity contribution in [2.45, 2.75) is 12.8 Å². The molecule has 0 aromatic carbocycles. The van der Waals surface area contributed by atoms with E-state index in [-0.39, 0.29) is 118 Å². The Bertz CT molecular complexity index is 207. The van der Waals surface area contributed by atoms with E-state index in [4.69, 9.17) is 19.2 Å². The fourth-order valence-corrected chi connectivity index (χ4v) is 0.204. The first-order chi connectivity index (χ1) is 5.63. The second-order valence-electron chi connectivity index (χ2n) is 1.71. The Hall–Kier alpha value is 3.05. The predicted octanol–water partition coefficient (Wildman–Crippen LogP) is -16.9. The first kappa shape index (κ1) is 36.9. The molecular weight excluding hydrogens is 299 g/mol. The average molecular weight is 304 g/mol. The number of rotatable bonds is 3. The summed E-state index contributed by atoms with van der Waals surface area (Å²) in [6.07, 6.45) is -0.940. The van der Waals surface area contributed by atoms with E-state index in [2.05, 4.69) is 0 Å². The Morgan fingerprint density at radius 3 is 1.06 bits per heavy atom. The van der Waals surface area contributed by atoms with Gasteiger partial charge in [0.25, 0.3) is 0 Å². The molecule has 0 radical (unpaired) electrons. The van der Waals surface area contributed by atoms with Crippen LogP contribution in [0.15, 0.2) is 0 Å². The number of hydrogen-bond acceptors (Lipinski definition) is 7. The number of carbonyl (C=O) groups excluding carboxylic acids is 2. The molecule has 0 bridgehead atoms. The van der Waals surface area contributed by atoms with E-state index in [0.717, 1.165) is 0 Å². The van der Waals surface area contributed by atoms with E-state index in [1.54, 1.807) is 0 Å². The number of aliphatic carboxylic acids is 2. The summed E-state index contributed by atoms with van der Waals surface area (Å²) < 4.78 is 8.66. The molecule has 0 spiro atoms. The van der Waals surface area contributed by atoms with Crippen molar-refractivity contribution in [3.8, 4) is 0 Å². The van der Waals surface area contributed by atoms with Crippen molar-refractivity contribution >= 4 is 19.8 Å². The number of carbonyl (C=O) groups is 2. The predicted molar refractivity (Wildman–Crippen MR) is 29.1 cm³/mol. The SMILES string of the molecule is O=C([O-])CCC(=O)[O-].O=P([O-])([O-])O.[Na+].[Na+].[Na+].[Na+]. The van der Waals surface area contributed by atoms with Gasteiger partial charge in [0.05, 0.1) is 7.82 Å². The van der Waals surface area contributed by atoms with Crippen molar-refractivity contribution in [1.29, 1.82) is 0 Å². The maximum Gasteiger partial charge on any atom is 1.00 e. The topological polar surface area (TPSA) is 164 Å². The van der Waals surface area contributed by atoms with Gasteiger partial charge in [-0.3, -0.25) is 0 Å². The molecule has 0 amide bonds. The van der Waals surface area contributed by atoms with E-state index in [9.17, 15) is 19.8 Å². The largest absolute Gasteiger partial charge is 1.00 e. The molecule has 78 valence electrons. The molecule has 0 rings (SSSR count). The molecule has 0 aliphatic heterocycles. The van der Waals surface area contributed by atoms with E-state index in [1.807, 2.05) is 0 Å². The first-order valence-electron chi connectivity index (χ1n) is 2.77. The third-order valence-electron chi connectivity index (χ3n) is 0.533. The van der Waals surface area contributed by atoms with Gasteiger partial charge in [0, 0.05) is 11.9 Å². The molecule has 8 nitrogen and oxygen atoms in total. The summed E-state index contributed by atoms with van der Waals surface area (Å²) in [6.45, 7) is 0. The smallest absolute Gasteiger partial charge is 0.790 e. The number of phosphoric acid groups is 1. The number of carboxylic acid groups (broad SMARTS) is 2. The molecule has 0 heterocycles. The number of hydrogen-bond donors (Lipinski definition) is 1. The molecule has 0 unspecified atom stereocenters. The van der Waals surface area contributed by atoms with Crippen LogP contribution < -0.4 is 138 Å². The van der Waals surface area contributed by atoms with Crippen molar-refractivity contribution in [3.63, 3.8) is 0 Å².